The summed E-state index contributed by atoms with van der Waals surface area (Å²) in [5, 5.41) is 2.83. The first kappa shape index (κ1) is 13.8. The van der Waals surface area contributed by atoms with Crippen LogP contribution in [0, 0.1) is 0 Å². The van der Waals surface area contributed by atoms with E-state index in [9.17, 15) is 0 Å². The van der Waals surface area contributed by atoms with Crippen molar-refractivity contribution in [2.75, 3.05) is 0 Å². The fourth-order valence-corrected chi connectivity index (χ4v) is 2.12. The van der Waals surface area contributed by atoms with Gasteiger partial charge in [0.15, 0.2) is 0 Å². The van der Waals surface area contributed by atoms with Crippen LogP contribution < -0.4 is 0 Å². The number of benzene rings is 1. The average Bonchev–Trinajstić information content (AvgIpc) is 2.60. The van der Waals surface area contributed by atoms with E-state index in [2.05, 4.69) is 58.0 Å². The van der Waals surface area contributed by atoms with Gasteiger partial charge in [0.2, 0.25) is 0 Å². The standard InChI is InChI=1S/C15H19.Zr/c1-10(2)13-8-12-6-5-7-14(11(3)4)15(12)9-13;/h5-11H,1-4H3;/q-1;. The minimum Gasteiger partial charge on any atom is -0.164 e. The third-order valence-electron chi connectivity index (χ3n) is 3.10. The van der Waals surface area contributed by atoms with E-state index in [1.807, 2.05) is 0 Å². The molecule has 0 spiro atoms. The summed E-state index contributed by atoms with van der Waals surface area (Å²) in [4.78, 5) is 0. The molecule has 84 valence electrons. The van der Waals surface area contributed by atoms with Crippen molar-refractivity contribution in [2.24, 2.45) is 0 Å². The van der Waals surface area contributed by atoms with E-state index in [0.717, 1.165) is 0 Å². The molecule has 0 aliphatic carbocycles. The van der Waals surface area contributed by atoms with Crippen LogP contribution in [0.4, 0.5) is 0 Å². The summed E-state index contributed by atoms with van der Waals surface area (Å²) in [5.74, 6) is 1.23. The van der Waals surface area contributed by atoms with Gasteiger partial charge in [-0.15, -0.1) is 34.5 Å². The summed E-state index contributed by atoms with van der Waals surface area (Å²) in [5.41, 5.74) is 2.93. The van der Waals surface area contributed by atoms with Gasteiger partial charge in [0.1, 0.15) is 0 Å². The van der Waals surface area contributed by atoms with Crippen LogP contribution in [-0.2, 0) is 26.2 Å². The maximum absolute atomic E-state index is 2.36. The molecule has 0 N–H and O–H groups in total. The molecule has 0 bridgehead atoms. The number of fused-ring (bicyclic) bond motifs is 1. The van der Waals surface area contributed by atoms with Gasteiger partial charge in [-0.2, -0.15) is 6.07 Å². The molecule has 16 heavy (non-hydrogen) atoms. The van der Waals surface area contributed by atoms with Gasteiger partial charge in [-0.05, 0) is 11.8 Å². The van der Waals surface area contributed by atoms with Crippen molar-refractivity contribution < 1.29 is 26.2 Å². The molecule has 2 aromatic rings. The normalized spacial score (nSPS) is 11.1. The minimum atomic E-state index is 0. The van der Waals surface area contributed by atoms with Gasteiger partial charge in [0.05, 0.1) is 0 Å². The van der Waals surface area contributed by atoms with Crippen LogP contribution in [0.25, 0.3) is 10.8 Å². The van der Waals surface area contributed by atoms with Gasteiger partial charge < -0.3 is 0 Å². The average molecular weight is 291 g/mol. The summed E-state index contributed by atoms with van der Waals surface area (Å²) in [6.07, 6.45) is 0. The first-order valence-electron chi connectivity index (χ1n) is 5.79. The Hall–Kier alpha value is -0.287. The maximum Gasteiger partial charge on any atom is 0 e. The fraction of sp³-hybridized carbons (Fsp3) is 0.400. The Kier molecular flexibility index (Phi) is 4.62. The monoisotopic (exact) mass is 289 g/mol. The summed E-state index contributed by atoms with van der Waals surface area (Å²) in [6, 6.07) is 11.3. The predicted molar refractivity (Wildman–Crippen MR) is 67.7 cm³/mol. The van der Waals surface area contributed by atoms with Crippen LogP contribution in [0.3, 0.4) is 0 Å². The number of hydrogen-bond acceptors (Lipinski definition) is 0. The summed E-state index contributed by atoms with van der Waals surface area (Å²) in [7, 11) is 0. The van der Waals surface area contributed by atoms with Crippen molar-refractivity contribution in [1.82, 2.24) is 0 Å². The Labute approximate surface area is 118 Å². The number of rotatable bonds is 2. The molecule has 0 heterocycles. The SMILES string of the molecule is CC(C)c1cc2c(C(C)C)cccc2[cH-]1.[Zr]. The zero-order valence-corrected chi connectivity index (χ0v) is 13.0. The molecule has 0 amide bonds. The zero-order chi connectivity index (χ0) is 11.0. The molecular formula is C15H19Zr-. The Morgan fingerprint density at radius 2 is 1.69 bits per heavy atom. The van der Waals surface area contributed by atoms with Crippen molar-refractivity contribution in [3.8, 4) is 0 Å². The topological polar surface area (TPSA) is 0 Å². The summed E-state index contributed by atoms with van der Waals surface area (Å²) >= 11 is 0. The predicted octanol–water partition coefficient (Wildman–Crippen LogP) is 4.80. The Morgan fingerprint density at radius 3 is 2.25 bits per heavy atom. The smallest absolute Gasteiger partial charge is 0 e. The van der Waals surface area contributed by atoms with Crippen molar-refractivity contribution in [3.05, 3.63) is 41.5 Å². The molecule has 0 fully saturated rings. The molecule has 0 unspecified atom stereocenters. The van der Waals surface area contributed by atoms with Crippen molar-refractivity contribution >= 4 is 10.8 Å². The first-order valence-corrected chi connectivity index (χ1v) is 5.79. The summed E-state index contributed by atoms with van der Waals surface area (Å²) < 4.78 is 0. The Balaban J connectivity index is 0.00000128. The molecule has 0 radical (unpaired) electrons. The maximum atomic E-state index is 2.36. The van der Waals surface area contributed by atoms with Gasteiger partial charge in [-0.25, -0.2) is 0 Å². The van der Waals surface area contributed by atoms with Gasteiger partial charge in [-0.1, -0.05) is 39.3 Å². The first-order chi connectivity index (χ1) is 7.09. The van der Waals surface area contributed by atoms with Crippen molar-refractivity contribution in [1.29, 1.82) is 0 Å². The van der Waals surface area contributed by atoms with Crippen molar-refractivity contribution in [3.63, 3.8) is 0 Å². The third kappa shape index (κ3) is 2.51. The van der Waals surface area contributed by atoms with Crippen LogP contribution in [-0.4, -0.2) is 0 Å². The van der Waals surface area contributed by atoms with E-state index in [4.69, 9.17) is 0 Å². The number of hydrogen-bond donors (Lipinski definition) is 0. The van der Waals surface area contributed by atoms with E-state index < -0.39 is 0 Å². The van der Waals surface area contributed by atoms with Gasteiger partial charge in [0, 0.05) is 26.2 Å². The largest absolute Gasteiger partial charge is 0.164 e. The summed E-state index contributed by atoms with van der Waals surface area (Å²) in [6.45, 7) is 9.03. The Bertz CT molecular complexity index is 463. The molecule has 2 rings (SSSR count). The molecule has 1 heteroatoms. The van der Waals surface area contributed by atoms with Gasteiger partial charge in [0.25, 0.3) is 0 Å². The molecule has 2 aromatic carbocycles. The molecule has 0 saturated carbocycles. The molecule has 0 nitrogen and oxygen atoms in total. The zero-order valence-electron chi connectivity index (χ0n) is 10.5. The molecule has 0 aromatic heterocycles. The second kappa shape index (κ2) is 5.36. The van der Waals surface area contributed by atoms with Crippen LogP contribution >= 0.6 is 0 Å². The van der Waals surface area contributed by atoms with Crippen LogP contribution in [0.5, 0.6) is 0 Å². The molecular weight excluding hydrogens is 271 g/mol. The molecule has 0 aliphatic heterocycles. The van der Waals surface area contributed by atoms with E-state index in [1.54, 1.807) is 0 Å². The van der Waals surface area contributed by atoms with E-state index in [0.29, 0.717) is 11.8 Å². The van der Waals surface area contributed by atoms with Crippen LogP contribution in [0.15, 0.2) is 30.3 Å². The molecule has 0 atom stereocenters. The molecule has 0 aliphatic rings. The second-order valence-corrected chi connectivity index (χ2v) is 4.95. The van der Waals surface area contributed by atoms with Crippen LogP contribution in [0.2, 0.25) is 0 Å². The molecule has 0 saturated heterocycles. The second-order valence-electron chi connectivity index (χ2n) is 4.95. The van der Waals surface area contributed by atoms with Gasteiger partial charge >= 0.3 is 0 Å². The van der Waals surface area contributed by atoms with E-state index >= 15 is 0 Å². The van der Waals surface area contributed by atoms with Gasteiger partial charge in [-0.3, -0.25) is 0 Å². The van der Waals surface area contributed by atoms with Crippen molar-refractivity contribution in [2.45, 2.75) is 39.5 Å². The Morgan fingerprint density at radius 1 is 1.00 bits per heavy atom. The van der Waals surface area contributed by atoms with Crippen LogP contribution in [0.1, 0.15) is 50.7 Å². The fourth-order valence-electron chi connectivity index (χ4n) is 2.12. The van der Waals surface area contributed by atoms with E-state index in [1.165, 1.54) is 21.9 Å². The quantitative estimate of drug-likeness (QED) is 0.697. The minimum absolute atomic E-state index is 0. The van der Waals surface area contributed by atoms with E-state index in [-0.39, 0.29) is 26.2 Å². The third-order valence-corrected chi connectivity index (χ3v) is 3.10.